The minimum atomic E-state index is -0.452. The van der Waals surface area contributed by atoms with Gasteiger partial charge in [-0.05, 0) is 18.9 Å². The molecule has 0 fully saturated rings. The minimum Gasteiger partial charge on any atom is -0.324 e. The Bertz CT molecular complexity index is 473. The van der Waals surface area contributed by atoms with Crippen molar-refractivity contribution in [2.24, 2.45) is 0 Å². The first-order valence-corrected chi connectivity index (χ1v) is 5.23. The Morgan fingerprint density at radius 1 is 1.38 bits per heavy atom. The minimum absolute atomic E-state index is 0.0154. The molecule has 0 bridgehead atoms. The number of fused-ring (bicyclic) bond motifs is 1. The van der Waals surface area contributed by atoms with Crippen molar-refractivity contribution in [1.29, 1.82) is 0 Å². The van der Waals surface area contributed by atoms with Crippen molar-refractivity contribution in [3.8, 4) is 0 Å². The molecule has 1 aromatic rings. The van der Waals surface area contributed by atoms with Crippen molar-refractivity contribution in [3.63, 3.8) is 0 Å². The predicted octanol–water partition coefficient (Wildman–Crippen LogP) is 2.52. The van der Waals surface area contributed by atoms with E-state index in [0.717, 1.165) is 0 Å². The molecule has 0 atom stereocenters. The molecule has 1 N–H and O–H groups in total. The highest BCUT2D eigenvalue weighted by Gasteiger charge is 2.23. The van der Waals surface area contributed by atoms with Crippen molar-refractivity contribution < 1.29 is 9.72 Å². The predicted molar refractivity (Wildman–Crippen MR) is 59.7 cm³/mol. The zero-order valence-electron chi connectivity index (χ0n) is 8.33. The van der Waals surface area contributed by atoms with Gasteiger partial charge >= 0.3 is 0 Å². The van der Waals surface area contributed by atoms with Crippen LogP contribution in [-0.2, 0) is 11.2 Å². The van der Waals surface area contributed by atoms with Gasteiger partial charge < -0.3 is 5.32 Å². The van der Waals surface area contributed by atoms with E-state index in [-0.39, 0.29) is 11.6 Å². The van der Waals surface area contributed by atoms with Crippen LogP contribution in [0.2, 0.25) is 5.02 Å². The lowest BCUT2D eigenvalue weighted by atomic mass is 10.1. The van der Waals surface area contributed by atoms with Crippen molar-refractivity contribution in [1.82, 2.24) is 0 Å². The molecule has 6 heteroatoms. The number of halogens is 1. The molecule has 0 radical (unpaired) electrons. The number of nitrogens with zero attached hydrogens (tertiary/aromatic N) is 1. The quantitative estimate of drug-likeness (QED) is 0.606. The first-order chi connectivity index (χ1) is 7.59. The zero-order valence-corrected chi connectivity index (χ0v) is 9.08. The lowest BCUT2D eigenvalue weighted by Gasteiger charge is -2.08. The number of benzene rings is 1. The summed E-state index contributed by atoms with van der Waals surface area (Å²) in [4.78, 5) is 21.7. The van der Waals surface area contributed by atoms with Crippen molar-refractivity contribution >= 4 is 28.9 Å². The molecule has 0 unspecified atom stereocenters. The summed E-state index contributed by atoms with van der Waals surface area (Å²) < 4.78 is 0. The highest BCUT2D eigenvalue weighted by atomic mass is 35.5. The number of amides is 1. The van der Waals surface area contributed by atoms with Gasteiger partial charge in [0.1, 0.15) is 0 Å². The summed E-state index contributed by atoms with van der Waals surface area (Å²) in [7, 11) is 0. The fourth-order valence-electron chi connectivity index (χ4n) is 1.80. The third-order valence-electron chi connectivity index (χ3n) is 2.53. The molecule has 0 saturated carbocycles. The van der Waals surface area contributed by atoms with Crippen molar-refractivity contribution in [2.75, 3.05) is 5.32 Å². The van der Waals surface area contributed by atoms with Gasteiger partial charge in [0, 0.05) is 12.5 Å². The summed E-state index contributed by atoms with van der Waals surface area (Å²) in [6, 6.07) is 2.81. The molecule has 16 heavy (non-hydrogen) atoms. The molecule has 1 amide bonds. The highest BCUT2D eigenvalue weighted by Crippen LogP contribution is 2.35. The first kappa shape index (κ1) is 10.9. The molecule has 1 aliphatic rings. The molecule has 1 aromatic carbocycles. The average Bonchev–Trinajstić information content (AvgIpc) is 2.40. The van der Waals surface area contributed by atoms with E-state index in [2.05, 4.69) is 5.32 Å². The Hall–Kier alpha value is -1.62. The second-order valence-electron chi connectivity index (χ2n) is 3.58. The Labute approximate surface area is 96.6 Å². The summed E-state index contributed by atoms with van der Waals surface area (Å²) in [5, 5.41) is 13.8. The largest absolute Gasteiger partial charge is 0.324 e. The lowest BCUT2D eigenvalue weighted by molar-refractivity contribution is -0.385. The molecular weight excluding hydrogens is 232 g/mol. The van der Waals surface area contributed by atoms with E-state index < -0.39 is 4.92 Å². The van der Waals surface area contributed by atoms with Crippen LogP contribution in [0, 0.1) is 10.1 Å². The van der Waals surface area contributed by atoms with Crippen LogP contribution in [0.1, 0.15) is 18.4 Å². The number of carbonyl (C=O) groups is 1. The number of hydrogen-bond donors (Lipinski definition) is 1. The third kappa shape index (κ3) is 1.86. The topological polar surface area (TPSA) is 72.2 Å². The van der Waals surface area contributed by atoms with Gasteiger partial charge in [-0.3, -0.25) is 14.9 Å². The SMILES string of the molecule is O=C1CCCc2c([N+](=O)[O-])ccc(Cl)c2N1. The maximum absolute atomic E-state index is 11.3. The van der Waals surface area contributed by atoms with Crippen LogP contribution in [-0.4, -0.2) is 10.8 Å². The maximum atomic E-state index is 11.3. The van der Waals surface area contributed by atoms with E-state index in [9.17, 15) is 14.9 Å². The maximum Gasteiger partial charge on any atom is 0.274 e. The number of rotatable bonds is 1. The van der Waals surface area contributed by atoms with Gasteiger partial charge in [-0.15, -0.1) is 0 Å². The molecule has 0 aromatic heterocycles. The first-order valence-electron chi connectivity index (χ1n) is 4.85. The molecule has 84 valence electrons. The Morgan fingerprint density at radius 2 is 2.12 bits per heavy atom. The standard InChI is InChI=1S/C10H9ClN2O3/c11-7-4-5-8(13(15)16)6-2-1-3-9(14)12-10(6)7/h4-5H,1-3H2,(H,12,14). The molecule has 0 saturated heterocycles. The van der Waals surface area contributed by atoms with Crippen molar-refractivity contribution in [2.45, 2.75) is 19.3 Å². The smallest absolute Gasteiger partial charge is 0.274 e. The van der Waals surface area contributed by atoms with Crippen LogP contribution in [0.25, 0.3) is 0 Å². The molecule has 0 aliphatic carbocycles. The highest BCUT2D eigenvalue weighted by molar-refractivity contribution is 6.34. The second kappa shape index (κ2) is 4.09. The lowest BCUT2D eigenvalue weighted by Crippen LogP contribution is -2.10. The summed E-state index contributed by atoms with van der Waals surface area (Å²) in [6.07, 6.45) is 1.45. The third-order valence-corrected chi connectivity index (χ3v) is 2.84. The van der Waals surface area contributed by atoms with E-state index in [1.54, 1.807) is 0 Å². The summed E-state index contributed by atoms with van der Waals surface area (Å²) in [5.74, 6) is -0.152. The number of anilines is 1. The van der Waals surface area contributed by atoms with E-state index in [0.29, 0.717) is 35.5 Å². The number of nitro groups is 1. The number of hydrogen-bond acceptors (Lipinski definition) is 3. The van der Waals surface area contributed by atoms with Crippen LogP contribution in [0.15, 0.2) is 12.1 Å². The average molecular weight is 241 g/mol. The van der Waals surface area contributed by atoms with Crippen LogP contribution in [0.3, 0.4) is 0 Å². The van der Waals surface area contributed by atoms with E-state index >= 15 is 0 Å². The van der Waals surface area contributed by atoms with Crippen LogP contribution in [0.5, 0.6) is 0 Å². The molecule has 2 rings (SSSR count). The summed E-state index contributed by atoms with van der Waals surface area (Å²) >= 11 is 5.92. The van der Waals surface area contributed by atoms with Gasteiger partial charge in [-0.25, -0.2) is 0 Å². The number of nitrogens with one attached hydrogen (secondary N) is 1. The Kier molecular flexibility index (Phi) is 2.78. The molecular formula is C10H9ClN2O3. The van der Waals surface area contributed by atoms with E-state index in [4.69, 9.17) is 11.6 Å². The fourth-order valence-corrected chi connectivity index (χ4v) is 2.02. The van der Waals surface area contributed by atoms with E-state index in [1.807, 2.05) is 0 Å². The zero-order chi connectivity index (χ0) is 11.7. The monoisotopic (exact) mass is 240 g/mol. The van der Waals surface area contributed by atoms with Gasteiger partial charge in [-0.2, -0.15) is 0 Å². The Balaban J connectivity index is 2.59. The van der Waals surface area contributed by atoms with Gasteiger partial charge in [0.05, 0.1) is 21.2 Å². The van der Waals surface area contributed by atoms with Gasteiger partial charge in [0.15, 0.2) is 0 Å². The summed E-state index contributed by atoms with van der Waals surface area (Å²) in [6.45, 7) is 0. The van der Waals surface area contributed by atoms with Crippen LogP contribution >= 0.6 is 11.6 Å². The summed E-state index contributed by atoms with van der Waals surface area (Å²) in [5.41, 5.74) is 0.920. The van der Waals surface area contributed by atoms with Crippen LogP contribution < -0.4 is 5.32 Å². The molecule has 0 spiro atoms. The van der Waals surface area contributed by atoms with Crippen LogP contribution in [0.4, 0.5) is 11.4 Å². The molecule has 5 nitrogen and oxygen atoms in total. The second-order valence-corrected chi connectivity index (χ2v) is 3.99. The number of carbonyl (C=O) groups excluding carboxylic acids is 1. The van der Waals surface area contributed by atoms with Gasteiger partial charge in [-0.1, -0.05) is 11.6 Å². The van der Waals surface area contributed by atoms with Crippen molar-refractivity contribution in [3.05, 3.63) is 32.8 Å². The van der Waals surface area contributed by atoms with Gasteiger partial charge in [0.2, 0.25) is 5.91 Å². The van der Waals surface area contributed by atoms with E-state index in [1.165, 1.54) is 12.1 Å². The molecule has 1 heterocycles. The number of nitro benzene ring substituents is 1. The normalized spacial score (nSPS) is 14.9. The Morgan fingerprint density at radius 3 is 2.81 bits per heavy atom. The van der Waals surface area contributed by atoms with Gasteiger partial charge in [0.25, 0.3) is 5.69 Å². The molecule has 1 aliphatic heterocycles. The fraction of sp³-hybridized carbons (Fsp3) is 0.300.